The molecule has 1 heterocycles. The van der Waals surface area contributed by atoms with E-state index in [0.717, 1.165) is 0 Å². The summed E-state index contributed by atoms with van der Waals surface area (Å²) < 4.78 is 15.8. The Morgan fingerprint density at radius 1 is 1.23 bits per heavy atom. The maximum Gasteiger partial charge on any atom is 0.114 e. The van der Waals surface area contributed by atoms with Crippen molar-refractivity contribution in [2.45, 2.75) is 0 Å². The van der Waals surface area contributed by atoms with Crippen molar-refractivity contribution in [1.29, 1.82) is 0 Å². The van der Waals surface area contributed by atoms with Gasteiger partial charge in [-0.25, -0.2) is 4.21 Å². The van der Waals surface area contributed by atoms with Crippen molar-refractivity contribution in [1.82, 2.24) is 0 Å². The second kappa shape index (κ2) is 3.14. The zero-order valence-electron chi connectivity index (χ0n) is 6.83. The fourth-order valence-corrected chi connectivity index (χ4v) is 2.11. The smallest absolute Gasteiger partial charge is 0.114 e. The lowest BCUT2D eigenvalue weighted by atomic mass is 10.3. The molecule has 0 N–H and O–H groups in total. The van der Waals surface area contributed by atoms with E-state index < -0.39 is 9.73 Å². The average molecular weight is 192 g/mol. The SMILES string of the molecule is O=S1(=Nc2ccccc2)C=CN=C1. The first-order valence-corrected chi connectivity index (χ1v) is 5.45. The average Bonchev–Trinajstić information content (AvgIpc) is 2.54. The van der Waals surface area contributed by atoms with Crippen LogP contribution in [0.2, 0.25) is 0 Å². The molecule has 0 aromatic heterocycles. The molecule has 0 spiro atoms. The predicted molar refractivity (Wildman–Crippen MR) is 54.3 cm³/mol. The summed E-state index contributed by atoms with van der Waals surface area (Å²) in [5.74, 6) is 0. The molecule has 13 heavy (non-hydrogen) atoms. The summed E-state index contributed by atoms with van der Waals surface area (Å²) in [6.07, 6.45) is 1.51. The summed E-state index contributed by atoms with van der Waals surface area (Å²) in [6.45, 7) is 0. The number of hydrogen-bond donors (Lipinski definition) is 0. The molecule has 0 radical (unpaired) electrons. The summed E-state index contributed by atoms with van der Waals surface area (Å²) >= 11 is 0. The molecule has 1 atom stereocenters. The molecule has 0 fully saturated rings. The van der Waals surface area contributed by atoms with Gasteiger partial charge in [0.1, 0.15) is 15.3 Å². The molecular formula is C9H8N2OS. The summed E-state index contributed by atoms with van der Waals surface area (Å²) in [4.78, 5) is 3.76. The van der Waals surface area contributed by atoms with Gasteiger partial charge in [-0.05, 0) is 12.1 Å². The van der Waals surface area contributed by atoms with Crippen LogP contribution in [0.3, 0.4) is 0 Å². The van der Waals surface area contributed by atoms with Gasteiger partial charge in [0.2, 0.25) is 0 Å². The fraction of sp³-hybridized carbons (Fsp3) is 0. The van der Waals surface area contributed by atoms with Gasteiger partial charge < -0.3 is 0 Å². The van der Waals surface area contributed by atoms with Gasteiger partial charge in [-0.2, -0.15) is 4.36 Å². The number of benzene rings is 1. The van der Waals surface area contributed by atoms with Gasteiger partial charge >= 0.3 is 0 Å². The standard InChI is InChI=1S/C9H8N2OS/c12-13(7-6-10-8-13)11-9-4-2-1-3-5-9/h1-8H. The Morgan fingerprint density at radius 3 is 2.62 bits per heavy atom. The van der Waals surface area contributed by atoms with E-state index in [4.69, 9.17) is 0 Å². The second-order valence-electron chi connectivity index (χ2n) is 2.58. The highest BCUT2D eigenvalue weighted by Crippen LogP contribution is 2.15. The molecule has 2 rings (SSSR count). The van der Waals surface area contributed by atoms with Gasteiger partial charge in [0.25, 0.3) is 0 Å². The van der Waals surface area contributed by atoms with Crippen LogP contribution in [-0.2, 0) is 9.73 Å². The molecule has 1 aliphatic heterocycles. The predicted octanol–water partition coefficient (Wildman–Crippen LogP) is 2.30. The van der Waals surface area contributed by atoms with E-state index in [1.807, 2.05) is 30.3 Å². The van der Waals surface area contributed by atoms with Gasteiger partial charge in [0, 0.05) is 11.6 Å². The highest BCUT2D eigenvalue weighted by molar-refractivity contribution is 8.09. The van der Waals surface area contributed by atoms with E-state index in [-0.39, 0.29) is 0 Å². The monoisotopic (exact) mass is 192 g/mol. The molecule has 66 valence electrons. The third-order valence-electron chi connectivity index (χ3n) is 1.56. The third kappa shape index (κ3) is 1.84. The molecule has 1 unspecified atom stereocenters. The highest BCUT2D eigenvalue weighted by atomic mass is 32.2. The molecule has 0 saturated carbocycles. The first kappa shape index (κ1) is 8.19. The Morgan fingerprint density at radius 2 is 2.00 bits per heavy atom. The van der Waals surface area contributed by atoms with Crippen LogP contribution in [0.25, 0.3) is 0 Å². The Kier molecular flexibility index (Phi) is 1.98. The van der Waals surface area contributed by atoms with Crippen LogP contribution < -0.4 is 0 Å². The first-order chi connectivity index (χ1) is 6.29. The van der Waals surface area contributed by atoms with E-state index in [0.29, 0.717) is 5.69 Å². The molecule has 4 heteroatoms. The van der Waals surface area contributed by atoms with Crippen LogP contribution in [0.4, 0.5) is 5.69 Å². The fourth-order valence-electron chi connectivity index (χ4n) is 0.987. The van der Waals surface area contributed by atoms with Crippen LogP contribution in [-0.4, -0.2) is 9.76 Å². The van der Waals surface area contributed by atoms with Gasteiger partial charge in [-0.1, -0.05) is 18.2 Å². The first-order valence-electron chi connectivity index (χ1n) is 3.80. The Hall–Kier alpha value is -1.42. The molecule has 1 aromatic rings. The summed E-state index contributed by atoms with van der Waals surface area (Å²) in [7, 11) is -2.35. The zero-order valence-corrected chi connectivity index (χ0v) is 7.65. The minimum Gasteiger partial charge on any atom is -0.253 e. The van der Waals surface area contributed by atoms with Crippen molar-refractivity contribution in [3.63, 3.8) is 0 Å². The number of hydrogen-bond acceptors (Lipinski definition) is 3. The molecule has 3 nitrogen and oxygen atoms in total. The second-order valence-corrected chi connectivity index (χ2v) is 4.47. The zero-order chi connectivity index (χ0) is 9.15. The van der Waals surface area contributed by atoms with Crippen molar-refractivity contribution >= 4 is 21.0 Å². The van der Waals surface area contributed by atoms with Crippen molar-refractivity contribution in [2.75, 3.05) is 0 Å². The maximum atomic E-state index is 11.8. The third-order valence-corrected chi connectivity index (χ3v) is 2.99. The largest absolute Gasteiger partial charge is 0.253 e. The van der Waals surface area contributed by atoms with Crippen LogP contribution in [0.5, 0.6) is 0 Å². The normalized spacial score (nSPS) is 24.9. The molecule has 1 aromatic carbocycles. The summed E-state index contributed by atoms with van der Waals surface area (Å²) in [5, 5.41) is 1.51. The molecule has 0 bridgehead atoms. The molecule has 0 amide bonds. The Bertz CT molecular complexity index is 450. The number of aliphatic imine (C=N–C) groups is 1. The van der Waals surface area contributed by atoms with Crippen molar-refractivity contribution in [2.24, 2.45) is 9.36 Å². The van der Waals surface area contributed by atoms with Crippen molar-refractivity contribution in [3.05, 3.63) is 41.9 Å². The van der Waals surface area contributed by atoms with E-state index >= 15 is 0 Å². The van der Waals surface area contributed by atoms with Crippen molar-refractivity contribution < 1.29 is 4.21 Å². The van der Waals surface area contributed by atoms with Crippen LogP contribution in [0, 0.1) is 0 Å². The van der Waals surface area contributed by atoms with Gasteiger partial charge in [0.15, 0.2) is 0 Å². The van der Waals surface area contributed by atoms with Crippen molar-refractivity contribution in [3.8, 4) is 0 Å². The van der Waals surface area contributed by atoms with Crippen LogP contribution in [0.1, 0.15) is 0 Å². The highest BCUT2D eigenvalue weighted by Gasteiger charge is 2.04. The molecule has 1 aliphatic rings. The lowest BCUT2D eigenvalue weighted by molar-refractivity contribution is 0.690. The van der Waals surface area contributed by atoms with E-state index in [1.54, 1.807) is 0 Å². The summed E-state index contributed by atoms with van der Waals surface area (Å²) in [6, 6.07) is 9.23. The topological polar surface area (TPSA) is 41.8 Å². The summed E-state index contributed by atoms with van der Waals surface area (Å²) in [5.41, 5.74) is 2.09. The Balaban J connectivity index is 2.48. The van der Waals surface area contributed by atoms with E-state index in [9.17, 15) is 4.21 Å². The molecular weight excluding hydrogens is 184 g/mol. The quantitative estimate of drug-likeness (QED) is 0.673. The molecule has 0 aliphatic carbocycles. The van der Waals surface area contributed by atoms with E-state index in [1.165, 1.54) is 17.2 Å². The minimum atomic E-state index is -2.35. The Labute approximate surface area is 77.0 Å². The lowest BCUT2D eigenvalue weighted by Crippen LogP contribution is -1.89. The lowest BCUT2D eigenvalue weighted by Gasteiger charge is -1.94. The minimum absolute atomic E-state index is 0.713. The number of rotatable bonds is 1. The van der Waals surface area contributed by atoms with Crippen LogP contribution >= 0.6 is 0 Å². The molecule has 0 saturated heterocycles. The van der Waals surface area contributed by atoms with Gasteiger partial charge in [0.05, 0.1) is 5.69 Å². The van der Waals surface area contributed by atoms with Crippen LogP contribution in [0.15, 0.2) is 51.3 Å². The van der Waals surface area contributed by atoms with E-state index in [2.05, 4.69) is 9.36 Å². The van der Waals surface area contributed by atoms with Gasteiger partial charge in [-0.3, -0.25) is 4.99 Å². The maximum absolute atomic E-state index is 11.8. The van der Waals surface area contributed by atoms with Gasteiger partial charge in [-0.15, -0.1) is 0 Å². The number of nitrogens with zero attached hydrogens (tertiary/aromatic N) is 2.